The minimum absolute atomic E-state index is 0.0840. The third kappa shape index (κ3) is 11.1. The Hall–Kier alpha value is -0.690. The molecule has 0 aromatic carbocycles. The van der Waals surface area contributed by atoms with Gasteiger partial charge in [0, 0.05) is 6.42 Å². The summed E-state index contributed by atoms with van der Waals surface area (Å²) >= 11 is 0. The zero-order valence-electron chi connectivity index (χ0n) is 18.7. The van der Waals surface area contributed by atoms with E-state index in [4.69, 9.17) is 4.55 Å². The molecule has 0 unspecified atom stereocenters. The number of alkyl halides is 8. The molecule has 0 aliphatic rings. The van der Waals surface area contributed by atoms with E-state index in [1.165, 1.54) is 32.1 Å². The predicted molar refractivity (Wildman–Crippen MR) is 107 cm³/mol. The van der Waals surface area contributed by atoms with Crippen LogP contribution in [0.25, 0.3) is 0 Å². The molecule has 33 heavy (non-hydrogen) atoms. The Morgan fingerprint density at radius 2 is 0.939 bits per heavy atom. The van der Waals surface area contributed by atoms with Crippen LogP contribution < -0.4 is 0 Å². The van der Waals surface area contributed by atoms with E-state index in [0.717, 1.165) is 32.1 Å². The van der Waals surface area contributed by atoms with Crippen molar-refractivity contribution in [3.8, 4) is 0 Å². The van der Waals surface area contributed by atoms with E-state index in [9.17, 15) is 43.5 Å². The van der Waals surface area contributed by atoms with Gasteiger partial charge in [-0.3, -0.25) is 4.55 Å². The van der Waals surface area contributed by atoms with Gasteiger partial charge in [0.05, 0.1) is 0 Å². The summed E-state index contributed by atoms with van der Waals surface area (Å²) in [6.07, 6.45) is -2.44. The molecule has 200 valence electrons. The maximum Gasteiger partial charge on any atom is 0.460 e. The molecule has 0 amide bonds. The quantitative estimate of drug-likeness (QED) is 0.0995. The molecule has 13 heteroatoms. The number of halogens is 8. The first-order chi connectivity index (χ1) is 15.0. The third-order valence-corrected chi connectivity index (χ3v) is 6.07. The van der Waals surface area contributed by atoms with Gasteiger partial charge in [0.15, 0.2) is 0 Å². The summed E-state index contributed by atoms with van der Waals surface area (Å²) in [7, 11) is -6.91. The summed E-state index contributed by atoms with van der Waals surface area (Å²) in [6, 6.07) is 0. The van der Waals surface area contributed by atoms with Crippen molar-refractivity contribution in [2.45, 2.75) is 127 Å². The number of hydrogen-bond donors (Lipinski definition) is 1. The fourth-order valence-electron chi connectivity index (χ4n) is 3.13. The highest BCUT2D eigenvalue weighted by atomic mass is 32.2. The fraction of sp³-hybridized carbons (Fsp3) is 1.00. The highest BCUT2D eigenvalue weighted by Gasteiger charge is 2.73. The molecule has 0 bridgehead atoms. The first-order valence-electron chi connectivity index (χ1n) is 11.2. The van der Waals surface area contributed by atoms with Crippen molar-refractivity contribution >= 4 is 10.1 Å². The highest BCUT2D eigenvalue weighted by molar-refractivity contribution is 7.86. The number of unbranched alkanes of at least 4 members (excludes halogenated alkanes) is 13. The minimum Gasteiger partial charge on any atom is -0.281 e. The van der Waals surface area contributed by atoms with Crippen LogP contribution in [0, 0.1) is 0 Å². The van der Waals surface area contributed by atoms with Crippen molar-refractivity contribution in [3.05, 3.63) is 0 Å². The minimum atomic E-state index is -6.91. The van der Waals surface area contributed by atoms with E-state index in [1.807, 2.05) is 0 Å². The van der Waals surface area contributed by atoms with Gasteiger partial charge in [-0.1, -0.05) is 90.4 Å². The Kier molecular flexibility index (Phi) is 13.7. The van der Waals surface area contributed by atoms with Crippen molar-refractivity contribution < 1.29 is 52.8 Å². The molecule has 0 aliphatic heterocycles. The largest absolute Gasteiger partial charge is 0.460 e. The van der Waals surface area contributed by atoms with E-state index in [2.05, 4.69) is 11.7 Å². The monoisotopic (exact) mass is 522 g/mol. The normalized spacial score (nSPS) is 14.1. The maximum absolute atomic E-state index is 13.6. The molecule has 0 rings (SSSR count). The van der Waals surface area contributed by atoms with Crippen LogP contribution >= 0.6 is 0 Å². The summed E-state index contributed by atoms with van der Waals surface area (Å²) in [5.41, 5.74) is 0. The summed E-state index contributed by atoms with van der Waals surface area (Å²) in [4.78, 5) is 0. The van der Waals surface area contributed by atoms with Crippen LogP contribution in [0.3, 0.4) is 0 Å². The van der Waals surface area contributed by atoms with Gasteiger partial charge in [-0.15, -0.1) is 0 Å². The van der Waals surface area contributed by atoms with Crippen molar-refractivity contribution in [1.29, 1.82) is 0 Å². The van der Waals surface area contributed by atoms with Gasteiger partial charge in [0.1, 0.15) is 0 Å². The number of rotatable bonds is 20. The summed E-state index contributed by atoms with van der Waals surface area (Å²) in [5.74, 6) is -5.26. The third-order valence-electron chi connectivity index (χ3n) is 5.19. The molecule has 0 fully saturated rings. The molecule has 0 saturated carbocycles. The first kappa shape index (κ1) is 32.3. The van der Waals surface area contributed by atoms with Crippen LogP contribution in [0.1, 0.15) is 103 Å². The molecule has 0 aliphatic carbocycles. The zero-order chi connectivity index (χ0) is 25.8. The van der Waals surface area contributed by atoms with Gasteiger partial charge in [0.25, 0.3) is 0 Å². The lowest BCUT2D eigenvalue weighted by Gasteiger charge is -2.31. The van der Waals surface area contributed by atoms with Gasteiger partial charge in [-0.2, -0.15) is 43.5 Å². The highest BCUT2D eigenvalue weighted by Crippen LogP contribution is 2.48. The van der Waals surface area contributed by atoms with Crippen molar-refractivity contribution in [2.75, 3.05) is 0 Å². The molecular formula is C20H34F8O4S. The van der Waals surface area contributed by atoms with Gasteiger partial charge in [-0.05, 0) is 6.42 Å². The van der Waals surface area contributed by atoms with Gasteiger partial charge >= 0.3 is 33.5 Å². The Morgan fingerprint density at radius 1 is 0.606 bits per heavy atom. The first-order valence-corrected chi connectivity index (χ1v) is 12.6. The second-order valence-corrected chi connectivity index (χ2v) is 9.64. The average molecular weight is 523 g/mol. The van der Waals surface area contributed by atoms with Gasteiger partial charge in [-0.25, -0.2) is 4.74 Å². The molecule has 0 radical (unpaired) electrons. The standard InChI is InChI=1S/C20H34F8O4S/c1-2-3-4-5-6-7-8-9-10-11-12-13-14-15-16-17(21,22)18(23,24)32-19(25,26)20(27,28)33(29,30)31/h2-16H2,1H3,(H,29,30,31). The zero-order valence-corrected chi connectivity index (χ0v) is 19.5. The van der Waals surface area contributed by atoms with Crippen molar-refractivity contribution in [3.63, 3.8) is 0 Å². The van der Waals surface area contributed by atoms with Gasteiger partial charge in [0.2, 0.25) is 0 Å². The van der Waals surface area contributed by atoms with Crippen molar-refractivity contribution in [1.82, 2.24) is 0 Å². The molecular weight excluding hydrogens is 488 g/mol. The molecule has 0 heterocycles. The van der Waals surface area contributed by atoms with Crippen LogP contribution in [0.2, 0.25) is 0 Å². The van der Waals surface area contributed by atoms with E-state index in [-0.39, 0.29) is 6.42 Å². The predicted octanol–water partition coefficient (Wildman–Crippen LogP) is 8.18. The van der Waals surface area contributed by atoms with Crippen molar-refractivity contribution in [2.24, 2.45) is 0 Å². The molecule has 0 aromatic heterocycles. The molecule has 1 N–H and O–H groups in total. The van der Waals surface area contributed by atoms with E-state index >= 15 is 0 Å². The van der Waals surface area contributed by atoms with E-state index < -0.39 is 46.4 Å². The Bertz CT molecular complexity index is 642. The van der Waals surface area contributed by atoms with E-state index in [1.54, 1.807) is 0 Å². The van der Waals surface area contributed by atoms with E-state index in [0.29, 0.717) is 12.8 Å². The van der Waals surface area contributed by atoms with Crippen LogP contribution in [0.15, 0.2) is 0 Å². The number of hydrogen-bond acceptors (Lipinski definition) is 3. The maximum atomic E-state index is 13.6. The lowest BCUT2D eigenvalue weighted by Crippen LogP contribution is -2.55. The molecule has 4 nitrogen and oxygen atoms in total. The van der Waals surface area contributed by atoms with Gasteiger partial charge < -0.3 is 0 Å². The fourth-order valence-corrected chi connectivity index (χ4v) is 3.47. The topological polar surface area (TPSA) is 63.6 Å². The lowest BCUT2D eigenvalue weighted by molar-refractivity contribution is -0.456. The van der Waals surface area contributed by atoms with Crippen LogP contribution in [0.5, 0.6) is 0 Å². The summed E-state index contributed by atoms with van der Waals surface area (Å²) in [6.45, 7) is 2.15. The summed E-state index contributed by atoms with van der Waals surface area (Å²) < 4.78 is 137. The molecule has 0 aromatic rings. The second-order valence-electron chi connectivity index (χ2n) is 8.18. The Morgan fingerprint density at radius 3 is 1.27 bits per heavy atom. The smallest absolute Gasteiger partial charge is 0.281 e. The average Bonchev–Trinajstić information content (AvgIpc) is 2.66. The SMILES string of the molecule is CCCCCCCCCCCCCCCCC(F)(F)C(F)(F)OC(F)(F)C(F)(F)S(=O)(=O)O. The Balaban J connectivity index is 4.20. The second kappa shape index (κ2) is 14.0. The summed E-state index contributed by atoms with van der Waals surface area (Å²) in [5, 5.41) is -6.55. The number of ether oxygens (including phenoxy) is 1. The molecule has 0 spiro atoms. The van der Waals surface area contributed by atoms with Crippen LogP contribution in [-0.2, 0) is 14.9 Å². The lowest BCUT2D eigenvalue weighted by atomic mass is 10.0. The molecule has 0 saturated heterocycles. The van der Waals surface area contributed by atoms with Crippen LogP contribution in [-0.4, -0.2) is 36.4 Å². The molecule has 0 atom stereocenters. The Labute approximate surface area is 190 Å². The van der Waals surface area contributed by atoms with Crippen LogP contribution in [0.4, 0.5) is 35.1 Å².